The summed E-state index contributed by atoms with van der Waals surface area (Å²) in [5.74, 6) is 1.65. The number of benzene rings is 1. The van der Waals surface area contributed by atoms with Gasteiger partial charge in [0.25, 0.3) is 0 Å². The van der Waals surface area contributed by atoms with Crippen LogP contribution in [-0.2, 0) is 6.54 Å². The van der Waals surface area contributed by atoms with Gasteiger partial charge >= 0.3 is 0 Å². The average molecular weight is 435 g/mol. The molecule has 1 aromatic carbocycles. The molecule has 0 aliphatic heterocycles. The Hall–Kier alpha value is -1.62. The van der Waals surface area contributed by atoms with Crippen molar-refractivity contribution in [3.05, 3.63) is 28.8 Å². The fourth-order valence-corrected chi connectivity index (χ4v) is 2.20. The number of nitrogens with one attached hydrogen (secondary N) is 1. The molecule has 9 heteroatoms. The van der Waals surface area contributed by atoms with Gasteiger partial charge in [-0.05, 0) is 30.6 Å². The van der Waals surface area contributed by atoms with E-state index in [-0.39, 0.29) is 29.9 Å². The first-order valence-corrected chi connectivity index (χ1v) is 6.98. The number of aliphatic imine (C=N–C) groups is 1. The molecule has 0 radical (unpaired) electrons. The number of guanidine groups is 1. The highest BCUT2D eigenvalue weighted by molar-refractivity contribution is 14.0. The molecule has 0 atom stereocenters. The zero-order valence-electron chi connectivity index (χ0n) is 12.5. The highest BCUT2D eigenvalue weighted by Gasteiger charge is 2.07. The highest BCUT2D eigenvalue weighted by Crippen LogP contribution is 2.28. The largest absolute Gasteiger partial charge is 0.497 e. The van der Waals surface area contributed by atoms with Crippen LogP contribution in [0.1, 0.15) is 10.6 Å². The SMILES string of the molecule is COc1ccc(OC)c(NC(N)=NCc2snnc2C)c1.I. The van der Waals surface area contributed by atoms with Gasteiger partial charge < -0.3 is 20.5 Å². The predicted molar refractivity (Wildman–Crippen MR) is 98.6 cm³/mol. The van der Waals surface area contributed by atoms with Crippen molar-refractivity contribution in [2.75, 3.05) is 19.5 Å². The van der Waals surface area contributed by atoms with Crippen molar-refractivity contribution in [1.82, 2.24) is 9.59 Å². The highest BCUT2D eigenvalue weighted by atomic mass is 127. The number of aromatic nitrogens is 2. The Labute approximate surface area is 150 Å². The normalized spacial score (nSPS) is 10.8. The molecule has 0 unspecified atom stereocenters. The second-order valence-corrected chi connectivity index (χ2v) is 5.01. The molecule has 0 fully saturated rings. The van der Waals surface area contributed by atoms with E-state index in [1.54, 1.807) is 26.4 Å². The van der Waals surface area contributed by atoms with Crippen molar-refractivity contribution in [2.24, 2.45) is 10.7 Å². The minimum Gasteiger partial charge on any atom is -0.497 e. The Morgan fingerprint density at radius 3 is 2.73 bits per heavy atom. The van der Waals surface area contributed by atoms with Gasteiger partial charge in [-0.1, -0.05) is 4.49 Å². The van der Waals surface area contributed by atoms with Crippen molar-refractivity contribution in [3.8, 4) is 11.5 Å². The van der Waals surface area contributed by atoms with E-state index in [0.717, 1.165) is 10.6 Å². The van der Waals surface area contributed by atoms with E-state index in [1.165, 1.54) is 11.5 Å². The Morgan fingerprint density at radius 1 is 1.36 bits per heavy atom. The van der Waals surface area contributed by atoms with Gasteiger partial charge in [0.2, 0.25) is 0 Å². The molecule has 120 valence electrons. The standard InChI is InChI=1S/C13H17N5O2S.HI/c1-8-12(21-18-17-8)7-15-13(14)16-10-6-9(19-2)4-5-11(10)20-3;/h4-6H,7H2,1-3H3,(H3,14,15,16);1H. The quantitative estimate of drug-likeness (QED) is 0.426. The van der Waals surface area contributed by atoms with Gasteiger partial charge in [0.15, 0.2) is 5.96 Å². The van der Waals surface area contributed by atoms with Gasteiger partial charge in [-0.3, -0.25) is 0 Å². The molecule has 2 aromatic rings. The van der Waals surface area contributed by atoms with Gasteiger partial charge in [-0.2, -0.15) is 0 Å². The number of hydrogen-bond acceptors (Lipinski definition) is 6. The third-order valence-electron chi connectivity index (χ3n) is 2.81. The lowest BCUT2D eigenvalue weighted by atomic mass is 10.2. The molecule has 0 saturated heterocycles. The van der Waals surface area contributed by atoms with Crippen LogP contribution in [0, 0.1) is 6.92 Å². The molecule has 2 rings (SSSR count). The number of nitrogens with zero attached hydrogens (tertiary/aromatic N) is 3. The molecule has 22 heavy (non-hydrogen) atoms. The van der Waals surface area contributed by atoms with Crippen LogP contribution in [0.15, 0.2) is 23.2 Å². The number of nitrogens with two attached hydrogens (primary N) is 1. The summed E-state index contributed by atoms with van der Waals surface area (Å²) in [6.07, 6.45) is 0. The van der Waals surface area contributed by atoms with E-state index >= 15 is 0 Å². The first-order valence-electron chi connectivity index (χ1n) is 6.21. The fraction of sp³-hybridized carbons (Fsp3) is 0.308. The number of halogens is 1. The van der Waals surface area contributed by atoms with E-state index < -0.39 is 0 Å². The molecule has 0 aliphatic carbocycles. The minimum absolute atomic E-state index is 0. The van der Waals surface area contributed by atoms with E-state index in [9.17, 15) is 0 Å². The monoisotopic (exact) mass is 435 g/mol. The zero-order chi connectivity index (χ0) is 15.2. The fourth-order valence-electron chi connectivity index (χ4n) is 1.64. The number of ether oxygens (including phenoxy) is 2. The van der Waals surface area contributed by atoms with Crippen molar-refractivity contribution in [1.29, 1.82) is 0 Å². The smallest absolute Gasteiger partial charge is 0.193 e. The summed E-state index contributed by atoms with van der Waals surface area (Å²) < 4.78 is 14.3. The second kappa shape index (κ2) is 8.73. The molecule has 3 N–H and O–H groups in total. The van der Waals surface area contributed by atoms with E-state index in [2.05, 4.69) is 19.9 Å². The number of anilines is 1. The van der Waals surface area contributed by atoms with Gasteiger partial charge in [-0.25, -0.2) is 4.99 Å². The molecule has 0 spiro atoms. The average Bonchev–Trinajstić information content (AvgIpc) is 2.90. The Morgan fingerprint density at radius 2 is 2.14 bits per heavy atom. The summed E-state index contributed by atoms with van der Waals surface area (Å²) in [6, 6.07) is 5.40. The number of rotatable bonds is 5. The van der Waals surface area contributed by atoms with Crippen LogP contribution in [0.5, 0.6) is 11.5 Å². The maximum absolute atomic E-state index is 5.89. The minimum atomic E-state index is 0. The Bertz CT molecular complexity index is 647. The number of methoxy groups -OCH3 is 2. The van der Waals surface area contributed by atoms with Crippen LogP contribution in [0.3, 0.4) is 0 Å². The third kappa shape index (κ3) is 4.70. The van der Waals surface area contributed by atoms with Crippen LogP contribution in [0.2, 0.25) is 0 Å². The maximum atomic E-state index is 5.89. The van der Waals surface area contributed by atoms with Gasteiger partial charge in [-0.15, -0.1) is 29.1 Å². The van der Waals surface area contributed by atoms with Crippen molar-refractivity contribution in [3.63, 3.8) is 0 Å². The molecule has 1 heterocycles. The molecule has 1 aromatic heterocycles. The summed E-state index contributed by atoms with van der Waals surface area (Å²) in [5, 5.41) is 6.93. The zero-order valence-corrected chi connectivity index (χ0v) is 15.6. The van der Waals surface area contributed by atoms with Crippen molar-refractivity contribution >= 4 is 47.2 Å². The third-order valence-corrected chi connectivity index (χ3v) is 3.62. The maximum Gasteiger partial charge on any atom is 0.193 e. The van der Waals surface area contributed by atoms with Crippen molar-refractivity contribution in [2.45, 2.75) is 13.5 Å². The Kier molecular flexibility index (Phi) is 7.32. The summed E-state index contributed by atoms with van der Waals surface area (Å²) in [6.45, 7) is 2.33. The molecule has 0 bridgehead atoms. The number of hydrogen-bond donors (Lipinski definition) is 2. The van der Waals surface area contributed by atoms with Crippen LogP contribution >= 0.6 is 35.5 Å². The van der Waals surface area contributed by atoms with E-state index in [1.807, 2.05) is 13.0 Å². The van der Waals surface area contributed by atoms with Gasteiger partial charge in [0, 0.05) is 6.07 Å². The molecular weight excluding hydrogens is 417 g/mol. The summed E-state index contributed by atoms with van der Waals surface area (Å²) >= 11 is 1.32. The summed E-state index contributed by atoms with van der Waals surface area (Å²) in [7, 11) is 3.19. The molecule has 0 saturated carbocycles. The first kappa shape index (κ1) is 18.4. The van der Waals surface area contributed by atoms with Crippen LogP contribution < -0.4 is 20.5 Å². The van der Waals surface area contributed by atoms with E-state index in [4.69, 9.17) is 15.2 Å². The van der Waals surface area contributed by atoms with Crippen LogP contribution in [-0.4, -0.2) is 29.8 Å². The first-order chi connectivity index (χ1) is 10.1. The lowest BCUT2D eigenvalue weighted by molar-refractivity contribution is 0.405. The Balaban J connectivity index is 0.00000242. The summed E-state index contributed by atoms with van der Waals surface area (Å²) in [5.41, 5.74) is 7.46. The number of aryl methyl sites for hydroxylation is 1. The molecule has 0 amide bonds. The molecule has 0 aliphatic rings. The van der Waals surface area contributed by atoms with E-state index in [0.29, 0.717) is 23.7 Å². The van der Waals surface area contributed by atoms with Crippen LogP contribution in [0.4, 0.5) is 5.69 Å². The predicted octanol–water partition coefficient (Wildman–Crippen LogP) is 2.41. The van der Waals surface area contributed by atoms with Crippen LogP contribution in [0.25, 0.3) is 0 Å². The molecular formula is C13H18IN5O2S. The van der Waals surface area contributed by atoms with Crippen molar-refractivity contribution < 1.29 is 9.47 Å². The lowest BCUT2D eigenvalue weighted by Gasteiger charge is -2.12. The summed E-state index contributed by atoms with van der Waals surface area (Å²) in [4.78, 5) is 5.25. The second-order valence-electron chi connectivity index (χ2n) is 4.17. The lowest BCUT2D eigenvalue weighted by Crippen LogP contribution is -2.23. The van der Waals surface area contributed by atoms with Gasteiger partial charge in [0.1, 0.15) is 11.5 Å². The topological polar surface area (TPSA) is 94.7 Å². The van der Waals surface area contributed by atoms with Gasteiger partial charge in [0.05, 0.1) is 37.0 Å². The molecule has 7 nitrogen and oxygen atoms in total.